The Bertz CT molecular complexity index is 357. The van der Waals surface area contributed by atoms with Crippen LogP contribution in [0, 0.1) is 5.92 Å². The monoisotopic (exact) mass is 270 g/mol. The first-order valence-electron chi connectivity index (χ1n) is 6.92. The average molecular weight is 270 g/mol. The van der Waals surface area contributed by atoms with Gasteiger partial charge in [0.05, 0.1) is 0 Å². The predicted molar refractivity (Wildman–Crippen MR) is 74.0 cm³/mol. The van der Waals surface area contributed by atoms with Gasteiger partial charge in [-0.05, 0) is 0 Å². The molecule has 0 heterocycles. The topological polar surface area (TPSA) is 0 Å². The van der Waals surface area contributed by atoms with Crippen molar-refractivity contribution in [3.8, 4) is 0 Å². The summed E-state index contributed by atoms with van der Waals surface area (Å²) >= 11 is -1.63. The molecule has 0 amide bonds. The molecule has 2 aliphatic carbocycles. The summed E-state index contributed by atoms with van der Waals surface area (Å²) in [6.45, 7) is 2.48. The third-order valence-electron chi connectivity index (χ3n) is 4.31. The van der Waals surface area contributed by atoms with Crippen molar-refractivity contribution in [2.24, 2.45) is 5.92 Å². The number of hydrogen-bond donors (Lipinski definition) is 0. The second-order valence-electron chi connectivity index (χ2n) is 6.44. The fourth-order valence-electron chi connectivity index (χ4n) is 3.73. The Morgan fingerprint density at radius 3 is 2.38 bits per heavy atom. The fourth-order valence-corrected chi connectivity index (χ4v) is 9.23. The Labute approximate surface area is 107 Å². The van der Waals surface area contributed by atoms with E-state index in [0.717, 1.165) is 5.92 Å². The standard InChI is InChI=1S/C11H17Si.3CH3.Ti/c1-8-10(7-12)6-9-4-2-3-5-11(8)9;;;;/h8H,2-5,7H2,1,12H3;3*1H3;. The molecular formula is C14H26SiTi. The molecule has 2 rings (SSSR count). The molecule has 0 fully saturated rings. The van der Waals surface area contributed by atoms with Crippen LogP contribution < -0.4 is 0 Å². The van der Waals surface area contributed by atoms with E-state index in [0.29, 0.717) is 0 Å². The fraction of sp³-hybridized carbons (Fsp3) is 0.714. The minimum absolute atomic E-state index is 0.827. The van der Waals surface area contributed by atoms with Crippen molar-refractivity contribution in [2.45, 2.75) is 54.3 Å². The Kier molecular flexibility index (Phi) is 3.69. The molecule has 0 aromatic rings. The van der Waals surface area contributed by atoms with Crippen LogP contribution in [0.4, 0.5) is 0 Å². The first kappa shape index (κ1) is 12.9. The molecule has 0 aliphatic heterocycles. The molecule has 0 saturated heterocycles. The molecule has 0 nitrogen and oxygen atoms in total. The molecule has 0 radical (unpaired) electrons. The van der Waals surface area contributed by atoms with Crippen molar-refractivity contribution in [3.05, 3.63) is 20.6 Å². The third kappa shape index (κ3) is 2.07. The van der Waals surface area contributed by atoms with Gasteiger partial charge in [0.1, 0.15) is 0 Å². The molecule has 2 aliphatic rings. The van der Waals surface area contributed by atoms with Gasteiger partial charge in [-0.25, -0.2) is 0 Å². The molecule has 0 aromatic carbocycles. The van der Waals surface area contributed by atoms with Crippen LogP contribution >= 0.6 is 0 Å². The third-order valence-corrected chi connectivity index (χ3v) is 8.39. The molecule has 1 atom stereocenters. The van der Waals surface area contributed by atoms with Gasteiger partial charge in [0.25, 0.3) is 0 Å². The molecule has 16 heavy (non-hydrogen) atoms. The predicted octanol–water partition coefficient (Wildman–Crippen LogP) is 3.84. The maximum atomic E-state index is 2.59. The number of allylic oxidation sites excluding steroid dienone is 4. The van der Waals surface area contributed by atoms with Gasteiger partial charge in [0, 0.05) is 0 Å². The van der Waals surface area contributed by atoms with E-state index in [9.17, 15) is 0 Å². The van der Waals surface area contributed by atoms with Gasteiger partial charge >= 0.3 is 108 Å². The molecule has 0 saturated carbocycles. The van der Waals surface area contributed by atoms with Crippen molar-refractivity contribution in [1.29, 1.82) is 0 Å². The second-order valence-corrected chi connectivity index (χ2v) is 15.0. The SMILES string of the molecule is CC1C2=C(CCCC2)[C]([Ti]([CH3])([CH3])[CH3])=C1C[SiH3]. The maximum absolute atomic E-state index is 2.59. The van der Waals surface area contributed by atoms with E-state index in [1.807, 2.05) is 20.6 Å². The summed E-state index contributed by atoms with van der Waals surface area (Å²) in [7, 11) is 1.35. The van der Waals surface area contributed by atoms with Crippen molar-refractivity contribution in [3.63, 3.8) is 0 Å². The molecule has 1 unspecified atom stereocenters. The van der Waals surface area contributed by atoms with Crippen molar-refractivity contribution < 1.29 is 16.6 Å². The summed E-state index contributed by atoms with van der Waals surface area (Å²) in [4.78, 5) is 0. The summed E-state index contributed by atoms with van der Waals surface area (Å²) in [5.41, 5.74) is 5.59. The average Bonchev–Trinajstić information content (AvgIpc) is 2.51. The van der Waals surface area contributed by atoms with Gasteiger partial charge in [0.2, 0.25) is 0 Å². The van der Waals surface area contributed by atoms with Crippen LogP contribution in [0.25, 0.3) is 0 Å². The number of rotatable bonds is 2. The van der Waals surface area contributed by atoms with Gasteiger partial charge in [0.15, 0.2) is 0 Å². The molecule has 0 bridgehead atoms. The van der Waals surface area contributed by atoms with E-state index in [4.69, 9.17) is 0 Å². The summed E-state index contributed by atoms with van der Waals surface area (Å²) in [5, 5.41) is 7.76. The van der Waals surface area contributed by atoms with Crippen LogP contribution in [0.3, 0.4) is 0 Å². The summed E-state index contributed by atoms with van der Waals surface area (Å²) in [6.07, 6.45) is 5.70. The van der Waals surface area contributed by atoms with Gasteiger partial charge in [-0.15, -0.1) is 0 Å². The molecule has 90 valence electrons. The Morgan fingerprint density at radius 2 is 1.81 bits per heavy atom. The van der Waals surface area contributed by atoms with Crippen molar-refractivity contribution >= 4 is 10.2 Å². The first-order chi connectivity index (χ1) is 7.46. The van der Waals surface area contributed by atoms with Gasteiger partial charge in [-0.1, -0.05) is 0 Å². The van der Waals surface area contributed by atoms with Crippen LogP contribution in [-0.4, -0.2) is 10.2 Å². The Morgan fingerprint density at radius 1 is 1.19 bits per heavy atom. The van der Waals surface area contributed by atoms with E-state index < -0.39 is 16.6 Å². The van der Waals surface area contributed by atoms with Crippen molar-refractivity contribution in [1.82, 2.24) is 0 Å². The zero-order valence-corrected chi connectivity index (χ0v) is 15.2. The molecule has 0 spiro atoms. The van der Waals surface area contributed by atoms with Crippen LogP contribution in [0.1, 0.15) is 32.6 Å². The summed E-state index contributed by atoms with van der Waals surface area (Å²) in [5.74, 6) is 0.827. The molecule has 0 N–H and O–H groups in total. The Balaban J connectivity index is 2.49. The summed E-state index contributed by atoms with van der Waals surface area (Å²) in [6, 6.07) is 1.42. The zero-order chi connectivity index (χ0) is 11.9. The van der Waals surface area contributed by atoms with Crippen LogP contribution in [0.5, 0.6) is 0 Å². The van der Waals surface area contributed by atoms with Crippen LogP contribution in [0.15, 0.2) is 20.6 Å². The van der Waals surface area contributed by atoms with Gasteiger partial charge < -0.3 is 0 Å². The summed E-state index contributed by atoms with van der Waals surface area (Å²) < 4.78 is 1.94. The van der Waals surface area contributed by atoms with Crippen LogP contribution in [-0.2, 0) is 16.6 Å². The minimum atomic E-state index is -1.63. The van der Waals surface area contributed by atoms with Gasteiger partial charge in [-0.3, -0.25) is 0 Å². The quantitative estimate of drug-likeness (QED) is 0.669. The van der Waals surface area contributed by atoms with Gasteiger partial charge in [-0.2, -0.15) is 0 Å². The van der Waals surface area contributed by atoms with E-state index in [1.165, 1.54) is 42.0 Å². The second kappa shape index (κ2) is 4.59. The Hall–Kier alpha value is 0.411. The van der Waals surface area contributed by atoms with Crippen molar-refractivity contribution in [2.75, 3.05) is 0 Å². The number of hydrogen-bond acceptors (Lipinski definition) is 0. The normalized spacial score (nSPS) is 26.6. The van der Waals surface area contributed by atoms with E-state index in [2.05, 4.69) is 22.6 Å². The van der Waals surface area contributed by atoms with E-state index in [1.54, 1.807) is 0 Å². The zero-order valence-electron chi connectivity index (χ0n) is 11.6. The van der Waals surface area contributed by atoms with Crippen LogP contribution in [0.2, 0.25) is 21.7 Å². The molecule has 2 heteroatoms. The first-order valence-corrected chi connectivity index (χ1v) is 13.8. The van der Waals surface area contributed by atoms with E-state index in [-0.39, 0.29) is 0 Å². The van der Waals surface area contributed by atoms with E-state index >= 15 is 0 Å². The molecular weight excluding hydrogens is 244 g/mol. The molecule has 0 aromatic heterocycles.